The van der Waals surface area contributed by atoms with Gasteiger partial charge in [-0.3, -0.25) is 19.5 Å². The molecule has 0 saturated carbocycles. The fourth-order valence-corrected chi connectivity index (χ4v) is 4.51. The second kappa shape index (κ2) is 7.97. The average Bonchev–Trinajstić information content (AvgIpc) is 3.29. The molecule has 0 unspecified atom stereocenters. The Morgan fingerprint density at radius 2 is 1.82 bits per heavy atom. The Balaban J connectivity index is 1.83. The van der Waals surface area contributed by atoms with E-state index < -0.39 is 54.0 Å². The zero-order valence-electron chi connectivity index (χ0n) is 17.3. The number of rotatable bonds is 4. The molecule has 1 amide bonds. The molecule has 0 bridgehead atoms. The minimum Gasteiger partial charge on any atom is -0.494 e. The van der Waals surface area contributed by atoms with E-state index in [1.54, 1.807) is 24.3 Å². The molecular weight excluding hydrogens is 450 g/mol. The summed E-state index contributed by atoms with van der Waals surface area (Å²) < 4.78 is 6.66. The average molecular weight is 469 g/mol. The molecule has 1 saturated heterocycles. The minimum absolute atomic E-state index is 0.00179. The predicted molar refractivity (Wildman–Crippen MR) is 114 cm³/mol. The molecule has 0 spiro atoms. The Morgan fingerprint density at radius 3 is 2.53 bits per heavy atom. The van der Waals surface area contributed by atoms with Crippen molar-refractivity contribution in [2.75, 3.05) is 6.61 Å². The van der Waals surface area contributed by atoms with Gasteiger partial charge in [-0.2, -0.15) is 0 Å². The zero-order valence-corrected chi connectivity index (χ0v) is 17.3. The lowest BCUT2D eigenvalue weighted by molar-refractivity contribution is -0.384. The van der Waals surface area contributed by atoms with Gasteiger partial charge in [0, 0.05) is 22.7 Å². The first-order valence-electron chi connectivity index (χ1n) is 10.3. The fraction of sp³-hybridized carbons (Fsp3) is 0.273. The molecule has 0 aliphatic carbocycles. The van der Waals surface area contributed by atoms with E-state index in [0.29, 0.717) is 10.6 Å². The van der Waals surface area contributed by atoms with Crippen LogP contribution >= 0.6 is 0 Å². The van der Waals surface area contributed by atoms with Crippen LogP contribution in [0.3, 0.4) is 0 Å². The maximum Gasteiger partial charge on any atom is 0.279 e. The molecule has 12 nitrogen and oxygen atoms in total. The number of para-hydroxylation sites is 1. The lowest BCUT2D eigenvalue weighted by Gasteiger charge is -2.40. The van der Waals surface area contributed by atoms with Crippen LogP contribution in [0.1, 0.15) is 11.8 Å². The lowest BCUT2D eigenvalue weighted by Crippen LogP contribution is -2.56. The maximum atomic E-state index is 12.8. The van der Waals surface area contributed by atoms with Gasteiger partial charge in [-0.1, -0.05) is 18.2 Å². The standard InChI is InChI=1S/C22H19N3O9/c26-8-14-17(27)18(28)19(29)22(34-14)24-13-6-5-9(25(32)33)7-11(13)16(21(24)31)15-10-3-1-2-4-12(10)23-20(15)30/h1-7,14,17-19,22,26-29,31H,8H2/t14-,17-,18+,19-,22-/m1/s1. The number of fused-ring (bicyclic) bond motifs is 2. The summed E-state index contributed by atoms with van der Waals surface area (Å²) in [5.74, 6) is -1.24. The summed E-state index contributed by atoms with van der Waals surface area (Å²) in [5.41, 5.74) is -0.223. The molecule has 176 valence electrons. The van der Waals surface area contributed by atoms with Gasteiger partial charge in [0.25, 0.3) is 11.6 Å². The summed E-state index contributed by atoms with van der Waals surface area (Å²) >= 11 is 0. The van der Waals surface area contributed by atoms with Crippen molar-refractivity contribution >= 4 is 28.1 Å². The molecule has 2 aliphatic rings. The number of aromatic hydroxyl groups is 1. The topological polar surface area (TPSA) is 188 Å². The van der Waals surface area contributed by atoms with Crippen molar-refractivity contribution < 1.29 is 40.0 Å². The number of carbonyl (C=O) groups is 1. The maximum absolute atomic E-state index is 12.8. The van der Waals surface area contributed by atoms with Gasteiger partial charge in [-0.25, -0.2) is 4.99 Å². The number of non-ortho nitro benzene ring substituents is 1. The van der Waals surface area contributed by atoms with Crippen molar-refractivity contribution in [2.45, 2.75) is 30.6 Å². The van der Waals surface area contributed by atoms with E-state index >= 15 is 0 Å². The van der Waals surface area contributed by atoms with E-state index in [0.717, 1.165) is 4.57 Å². The van der Waals surface area contributed by atoms with Crippen LogP contribution in [0, 0.1) is 10.1 Å². The fourth-order valence-electron chi connectivity index (χ4n) is 4.51. The van der Waals surface area contributed by atoms with E-state index in [1.807, 2.05) is 0 Å². The van der Waals surface area contributed by atoms with Crippen molar-refractivity contribution in [1.29, 1.82) is 0 Å². The summed E-state index contributed by atoms with van der Waals surface area (Å²) in [6, 6.07) is 10.2. The number of hydrogen-bond donors (Lipinski definition) is 5. The van der Waals surface area contributed by atoms with E-state index in [-0.39, 0.29) is 27.7 Å². The highest BCUT2D eigenvalue weighted by Gasteiger charge is 2.46. The quantitative estimate of drug-likeness (QED) is 0.226. The molecule has 1 aromatic heterocycles. The number of benzene rings is 2. The third kappa shape index (κ3) is 3.12. The van der Waals surface area contributed by atoms with Gasteiger partial charge >= 0.3 is 0 Å². The van der Waals surface area contributed by atoms with E-state index in [2.05, 4.69) is 4.99 Å². The Bertz CT molecular complexity index is 1460. The summed E-state index contributed by atoms with van der Waals surface area (Å²) in [6.07, 6.45) is -7.87. The van der Waals surface area contributed by atoms with Crippen molar-refractivity contribution in [1.82, 2.24) is 4.57 Å². The van der Waals surface area contributed by atoms with Crippen LogP contribution in [-0.4, -0.2) is 72.0 Å². The zero-order chi connectivity index (χ0) is 24.3. The lowest BCUT2D eigenvalue weighted by atomic mass is 9.98. The molecule has 5 atom stereocenters. The number of nitrogens with zero attached hydrogens (tertiary/aromatic N) is 3. The van der Waals surface area contributed by atoms with Crippen LogP contribution < -0.4 is 10.6 Å². The molecule has 5 N–H and O–H groups in total. The highest BCUT2D eigenvalue weighted by Crippen LogP contribution is 2.43. The van der Waals surface area contributed by atoms with Crippen LogP contribution in [-0.2, 0) is 9.53 Å². The summed E-state index contributed by atoms with van der Waals surface area (Å²) in [6.45, 7) is -0.693. The molecule has 3 heterocycles. The predicted octanol–water partition coefficient (Wildman–Crippen LogP) is -1.41. The van der Waals surface area contributed by atoms with Crippen LogP contribution in [0.25, 0.3) is 16.5 Å². The van der Waals surface area contributed by atoms with Gasteiger partial charge in [0.1, 0.15) is 24.4 Å². The van der Waals surface area contributed by atoms with Gasteiger partial charge in [-0.15, -0.1) is 0 Å². The molecule has 34 heavy (non-hydrogen) atoms. The second-order valence-corrected chi connectivity index (χ2v) is 8.06. The molecule has 2 aliphatic heterocycles. The van der Waals surface area contributed by atoms with Crippen molar-refractivity contribution in [2.24, 2.45) is 4.99 Å². The van der Waals surface area contributed by atoms with E-state index in [9.17, 15) is 40.4 Å². The second-order valence-electron chi connectivity index (χ2n) is 8.06. The third-order valence-electron chi connectivity index (χ3n) is 6.15. The monoisotopic (exact) mass is 469 g/mol. The number of nitro benzene ring substituents is 1. The van der Waals surface area contributed by atoms with Crippen molar-refractivity contribution in [3.05, 3.63) is 68.7 Å². The Kier molecular flexibility index (Phi) is 5.19. The van der Waals surface area contributed by atoms with Crippen LogP contribution in [0.4, 0.5) is 5.69 Å². The normalized spacial score (nSPS) is 26.5. The number of carbonyl (C=O) groups excluding carboxylic acids is 1. The summed E-state index contributed by atoms with van der Waals surface area (Å²) in [5, 5.41) is 64.2. The number of ether oxygens (including phenoxy) is 1. The Hall–Kier alpha value is -3.68. The first kappa shape index (κ1) is 22.1. The molecule has 5 rings (SSSR count). The van der Waals surface area contributed by atoms with Crippen LogP contribution in [0.5, 0.6) is 5.88 Å². The minimum atomic E-state index is -1.75. The number of amides is 1. The van der Waals surface area contributed by atoms with Gasteiger partial charge in [0.05, 0.1) is 33.5 Å². The number of aliphatic hydroxyl groups excluding tert-OH is 4. The van der Waals surface area contributed by atoms with Gasteiger partial charge in [-0.05, 0) is 12.1 Å². The van der Waals surface area contributed by atoms with E-state index in [4.69, 9.17) is 4.74 Å². The van der Waals surface area contributed by atoms with Gasteiger partial charge in [0.15, 0.2) is 6.23 Å². The highest BCUT2D eigenvalue weighted by molar-refractivity contribution is 6.25. The molecule has 1 fully saturated rings. The van der Waals surface area contributed by atoms with Gasteiger partial charge < -0.3 is 30.3 Å². The molecule has 2 aromatic carbocycles. The number of nitro groups is 1. The van der Waals surface area contributed by atoms with Gasteiger partial charge in [0.2, 0.25) is 5.88 Å². The first-order valence-corrected chi connectivity index (χ1v) is 10.3. The molecule has 0 radical (unpaired) electrons. The van der Waals surface area contributed by atoms with E-state index in [1.165, 1.54) is 18.2 Å². The largest absolute Gasteiger partial charge is 0.494 e. The summed E-state index contributed by atoms with van der Waals surface area (Å²) in [4.78, 5) is 27.6. The Labute approximate surface area is 190 Å². The molecule has 3 aromatic rings. The Morgan fingerprint density at radius 1 is 1.09 bits per heavy atom. The van der Waals surface area contributed by atoms with Crippen LogP contribution in [0.2, 0.25) is 0 Å². The van der Waals surface area contributed by atoms with Crippen molar-refractivity contribution in [3.63, 3.8) is 0 Å². The number of aromatic nitrogens is 1. The smallest absolute Gasteiger partial charge is 0.279 e. The highest BCUT2D eigenvalue weighted by atomic mass is 16.6. The first-order chi connectivity index (χ1) is 16.2. The number of aliphatic hydroxyl groups is 4. The SMILES string of the molecule is O=C1N=c2ccccc2=C1c1c(O)n([C@@H]2O[C@H](CO)[C@@H](O)[C@H](O)[C@H]2O)c2ccc([N+](=O)[O-])cc12. The third-order valence-corrected chi connectivity index (χ3v) is 6.15. The van der Waals surface area contributed by atoms with Crippen molar-refractivity contribution in [3.8, 4) is 5.88 Å². The molecular formula is C22H19N3O9. The summed E-state index contributed by atoms with van der Waals surface area (Å²) in [7, 11) is 0. The molecule has 12 heteroatoms. The number of hydrogen-bond acceptors (Lipinski definition) is 9. The van der Waals surface area contributed by atoms with Crippen LogP contribution in [0.15, 0.2) is 47.5 Å².